The highest BCUT2D eigenvalue weighted by Gasteiger charge is 2.26. The van der Waals surface area contributed by atoms with Crippen LogP contribution in [0.2, 0.25) is 0 Å². The predicted molar refractivity (Wildman–Crippen MR) is 95.2 cm³/mol. The quantitative estimate of drug-likeness (QED) is 0.790. The van der Waals surface area contributed by atoms with Gasteiger partial charge in [-0.2, -0.15) is 0 Å². The zero-order valence-electron chi connectivity index (χ0n) is 12.3. The molecular formula is C17H24Cl2N2. The van der Waals surface area contributed by atoms with Crippen molar-refractivity contribution < 1.29 is 0 Å². The lowest BCUT2D eigenvalue weighted by Crippen LogP contribution is -2.52. The fourth-order valence-electron chi connectivity index (χ4n) is 2.27. The maximum atomic E-state index is 6.63. The zero-order valence-corrected chi connectivity index (χ0v) is 13.9. The molecule has 0 amide bonds. The number of nitrogens with two attached hydrogens (primary N) is 1. The van der Waals surface area contributed by atoms with Crippen LogP contribution in [0.25, 0.3) is 0 Å². The number of rotatable bonds is 6. The van der Waals surface area contributed by atoms with Crippen molar-refractivity contribution >= 4 is 24.8 Å². The van der Waals surface area contributed by atoms with Crippen molar-refractivity contribution in [3.8, 4) is 0 Å². The molecule has 0 radical (unpaired) electrons. The molecule has 2 rings (SSSR count). The Hall–Kier alpha value is -1.06. The molecule has 116 valence electrons. The van der Waals surface area contributed by atoms with Gasteiger partial charge in [0.15, 0.2) is 0 Å². The van der Waals surface area contributed by atoms with E-state index in [1.54, 1.807) is 0 Å². The lowest BCUT2D eigenvalue weighted by atomic mass is 9.92. The van der Waals surface area contributed by atoms with Crippen LogP contribution in [-0.2, 0) is 12.1 Å². The molecule has 4 heteroatoms. The summed E-state index contributed by atoms with van der Waals surface area (Å²) < 4.78 is 0. The Balaban J connectivity index is 0.00000200. The van der Waals surface area contributed by atoms with E-state index in [-0.39, 0.29) is 24.8 Å². The molecule has 0 aliphatic carbocycles. The smallest absolute Gasteiger partial charge is 0.0965 e. The maximum absolute atomic E-state index is 6.63. The second-order valence-corrected chi connectivity index (χ2v) is 4.93. The minimum atomic E-state index is -0.501. The van der Waals surface area contributed by atoms with Gasteiger partial charge in [-0.3, -0.25) is 5.32 Å². The third-order valence-corrected chi connectivity index (χ3v) is 3.31. The molecule has 0 saturated heterocycles. The molecule has 2 nitrogen and oxygen atoms in total. The Labute approximate surface area is 140 Å². The van der Waals surface area contributed by atoms with E-state index in [1.807, 2.05) is 24.3 Å². The van der Waals surface area contributed by atoms with Gasteiger partial charge in [-0.1, -0.05) is 67.6 Å². The molecule has 0 spiro atoms. The SMILES string of the molecule is CCCNC(N)(Cc1ccccc1)c1ccccc1.Cl.Cl. The van der Waals surface area contributed by atoms with Gasteiger partial charge in [0.25, 0.3) is 0 Å². The maximum Gasteiger partial charge on any atom is 0.0965 e. The second-order valence-electron chi connectivity index (χ2n) is 4.93. The summed E-state index contributed by atoms with van der Waals surface area (Å²) >= 11 is 0. The van der Waals surface area contributed by atoms with E-state index in [0.29, 0.717) is 0 Å². The highest BCUT2D eigenvalue weighted by molar-refractivity contribution is 5.85. The Morgan fingerprint density at radius 3 is 1.95 bits per heavy atom. The van der Waals surface area contributed by atoms with Gasteiger partial charge in [-0.05, 0) is 24.1 Å². The van der Waals surface area contributed by atoms with E-state index in [4.69, 9.17) is 5.73 Å². The molecule has 0 saturated carbocycles. The highest BCUT2D eigenvalue weighted by atomic mass is 35.5. The zero-order chi connectivity index (χ0) is 13.6. The van der Waals surface area contributed by atoms with Gasteiger partial charge in [-0.25, -0.2) is 0 Å². The Morgan fingerprint density at radius 2 is 1.43 bits per heavy atom. The van der Waals surface area contributed by atoms with Crippen LogP contribution in [0, 0.1) is 0 Å². The molecule has 0 heterocycles. The number of halogens is 2. The third kappa shape index (κ3) is 5.68. The van der Waals surface area contributed by atoms with Crippen molar-refractivity contribution in [2.24, 2.45) is 5.73 Å². The first-order valence-corrected chi connectivity index (χ1v) is 6.88. The summed E-state index contributed by atoms with van der Waals surface area (Å²) in [5, 5.41) is 3.49. The van der Waals surface area contributed by atoms with E-state index < -0.39 is 5.66 Å². The van der Waals surface area contributed by atoms with Crippen molar-refractivity contribution in [3.63, 3.8) is 0 Å². The monoisotopic (exact) mass is 326 g/mol. The number of nitrogens with one attached hydrogen (secondary N) is 1. The minimum Gasteiger partial charge on any atom is -0.309 e. The summed E-state index contributed by atoms with van der Waals surface area (Å²) in [5.74, 6) is 0. The van der Waals surface area contributed by atoms with Crippen LogP contribution in [0.4, 0.5) is 0 Å². The molecule has 0 bridgehead atoms. The van der Waals surface area contributed by atoms with Crippen molar-refractivity contribution in [2.45, 2.75) is 25.4 Å². The fourth-order valence-corrected chi connectivity index (χ4v) is 2.27. The molecule has 1 unspecified atom stereocenters. The Morgan fingerprint density at radius 1 is 0.905 bits per heavy atom. The topological polar surface area (TPSA) is 38.0 Å². The van der Waals surface area contributed by atoms with Gasteiger partial charge >= 0.3 is 0 Å². The molecule has 0 aliphatic heterocycles. The van der Waals surface area contributed by atoms with E-state index in [0.717, 1.165) is 24.9 Å². The van der Waals surface area contributed by atoms with E-state index in [9.17, 15) is 0 Å². The minimum absolute atomic E-state index is 0. The third-order valence-electron chi connectivity index (χ3n) is 3.31. The van der Waals surface area contributed by atoms with E-state index in [1.165, 1.54) is 5.56 Å². The Bertz CT molecular complexity index is 491. The van der Waals surface area contributed by atoms with Gasteiger partial charge in [-0.15, -0.1) is 24.8 Å². The average molecular weight is 327 g/mol. The molecule has 0 fully saturated rings. The van der Waals surface area contributed by atoms with Crippen LogP contribution in [0.3, 0.4) is 0 Å². The van der Waals surface area contributed by atoms with Crippen molar-refractivity contribution in [3.05, 3.63) is 71.8 Å². The Kier molecular flexibility index (Phi) is 9.31. The summed E-state index contributed by atoms with van der Waals surface area (Å²) in [5.41, 5.74) is 8.50. The second kappa shape index (κ2) is 9.80. The van der Waals surface area contributed by atoms with Crippen LogP contribution in [-0.4, -0.2) is 6.54 Å². The van der Waals surface area contributed by atoms with Crippen LogP contribution >= 0.6 is 24.8 Å². The predicted octanol–water partition coefficient (Wildman–Crippen LogP) is 3.88. The van der Waals surface area contributed by atoms with Gasteiger partial charge < -0.3 is 5.73 Å². The van der Waals surface area contributed by atoms with Crippen LogP contribution in [0.1, 0.15) is 24.5 Å². The van der Waals surface area contributed by atoms with E-state index in [2.05, 4.69) is 48.6 Å². The number of hydrogen-bond donors (Lipinski definition) is 2. The summed E-state index contributed by atoms with van der Waals surface area (Å²) in [7, 11) is 0. The molecule has 3 N–H and O–H groups in total. The molecule has 1 atom stereocenters. The van der Waals surface area contributed by atoms with Crippen LogP contribution in [0.5, 0.6) is 0 Å². The largest absolute Gasteiger partial charge is 0.309 e. The lowest BCUT2D eigenvalue weighted by Gasteiger charge is -2.31. The van der Waals surface area contributed by atoms with Crippen molar-refractivity contribution in [1.82, 2.24) is 5.32 Å². The average Bonchev–Trinajstić information content (AvgIpc) is 2.47. The van der Waals surface area contributed by atoms with Gasteiger partial charge in [0.2, 0.25) is 0 Å². The first-order valence-electron chi connectivity index (χ1n) is 6.88. The molecule has 21 heavy (non-hydrogen) atoms. The summed E-state index contributed by atoms with van der Waals surface area (Å²) in [4.78, 5) is 0. The normalized spacial score (nSPS) is 12.7. The standard InChI is InChI=1S/C17H22N2.2ClH/c1-2-13-19-17(18,16-11-7-4-8-12-16)14-15-9-5-3-6-10-15;;/h3-12,19H,2,13-14,18H2,1H3;2*1H. The summed E-state index contributed by atoms with van der Waals surface area (Å²) in [6, 6.07) is 20.7. The number of hydrogen-bond acceptors (Lipinski definition) is 2. The van der Waals surface area contributed by atoms with Gasteiger partial charge in [0.1, 0.15) is 0 Å². The first kappa shape index (κ1) is 19.9. The summed E-state index contributed by atoms with van der Waals surface area (Å²) in [6.07, 6.45) is 1.86. The fraction of sp³-hybridized carbons (Fsp3) is 0.294. The van der Waals surface area contributed by atoms with Gasteiger partial charge in [0.05, 0.1) is 5.66 Å². The summed E-state index contributed by atoms with van der Waals surface area (Å²) in [6.45, 7) is 3.07. The molecular weight excluding hydrogens is 303 g/mol. The molecule has 2 aromatic carbocycles. The number of benzene rings is 2. The first-order chi connectivity index (χ1) is 9.24. The molecule has 2 aromatic rings. The van der Waals surface area contributed by atoms with Crippen LogP contribution in [0.15, 0.2) is 60.7 Å². The van der Waals surface area contributed by atoms with Gasteiger partial charge in [0, 0.05) is 6.42 Å². The highest BCUT2D eigenvalue weighted by Crippen LogP contribution is 2.20. The lowest BCUT2D eigenvalue weighted by molar-refractivity contribution is 0.342. The van der Waals surface area contributed by atoms with Crippen molar-refractivity contribution in [1.29, 1.82) is 0 Å². The molecule has 0 aromatic heterocycles. The van der Waals surface area contributed by atoms with E-state index >= 15 is 0 Å². The van der Waals surface area contributed by atoms with Crippen molar-refractivity contribution in [2.75, 3.05) is 6.54 Å². The van der Waals surface area contributed by atoms with Crippen LogP contribution < -0.4 is 11.1 Å². The molecule has 0 aliphatic rings.